The Morgan fingerprint density at radius 3 is 2.39 bits per heavy atom. The number of allylic oxidation sites excluding steroid dienone is 3. The Morgan fingerprint density at radius 2 is 1.76 bits per heavy atom. The second-order valence-electron chi connectivity index (χ2n) is 9.00. The molecule has 1 aliphatic carbocycles. The van der Waals surface area contributed by atoms with Crippen molar-refractivity contribution in [3.05, 3.63) is 23.5 Å². The van der Waals surface area contributed by atoms with Crippen molar-refractivity contribution < 1.29 is 28.6 Å². The summed E-state index contributed by atoms with van der Waals surface area (Å²) < 4.78 is 16.1. The van der Waals surface area contributed by atoms with Crippen LogP contribution in [0.15, 0.2) is 23.5 Å². The van der Waals surface area contributed by atoms with E-state index in [2.05, 4.69) is 19.9 Å². The maximum absolute atomic E-state index is 11.6. The Labute approximate surface area is 200 Å². The minimum absolute atomic E-state index is 0.101. The Morgan fingerprint density at radius 1 is 1.03 bits per heavy atom. The fourth-order valence-corrected chi connectivity index (χ4v) is 4.39. The monoisotopic (exact) mass is 464 g/mol. The molecule has 3 atom stereocenters. The van der Waals surface area contributed by atoms with Crippen LogP contribution in [0.5, 0.6) is 0 Å². The van der Waals surface area contributed by atoms with Crippen molar-refractivity contribution in [3.8, 4) is 0 Å². The molecule has 0 aromatic rings. The maximum Gasteiger partial charge on any atom is 0.307 e. The van der Waals surface area contributed by atoms with Gasteiger partial charge in [0.1, 0.15) is 11.9 Å². The fraction of sp³-hybridized carbons (Fsp3) is 0.741. The first-order valence-corrected chi connectivity index (χ1v) is 12.7. The predicted molar refractivity (Wildman–Crippen MR) is 129 cm³/mol. The number of hydrogen-bond donors (Lipinski definition) is 0. The van der Waals surface area contributed by atoms with Gasteiger partial charge in [0.2, 0.25) is 0 Å². The number of rotatable bonds is 15. The van der Waals surface area contributed by atoms with E-state index in [0.717, 1.165) is 64.2 Å². The molecule has 0 N–H and O–H groups in total. The second-order valence-corrected chi connectivity index (χ2v) is 9.00. The minimum Gasteiger partial charge on any atom is -0.466 e. The van der Waals surface area contributed by atoms with E-state index < -0.39 is 0 Å². The van der Waals surface area contributed by atoms with E-state index in [1.54, 1.807) is 0 Å². The summed E-state index contributed by atoms with van der Waals surface area (Å²) in [6.45, 7) is 9.39. The summed E-state index contributed by atoms with van der Waals surface area (Å²) in [6.07, 6.45) is 14.0. The molecule has 0 amide bonds. The summed E-state index contributed by atoms with van der Waals surface area (Å²) in [4.78, 5) is 34.7. The first kappa shape index (κ1) is 28.9. The molecule has 1 saturated carbocycles. The van der Waals surface area contributed by atoms with Gasteiger partial charge in [-0.1, -0.05) is 57.6 Å². The molecule has 0 saturated heterocycles. The van der Waals surface area contributed by atoms with Crippen LogP contribution in [0.3, 0.4) is 0 Å². The molecule has 0 radical (unpaired) electrons. The maximum atomic E-state index is 11.6. The Bertz CT molecular complexity index is 678. The van der Waals surface area contributed by atoms with Gasteiger partial charge in [-0.3, -0.25) is 14.4 Å². The number of hydrogen-bond acceptors (Lipinski definition) is 6. The molecule has 33 heavy (non-hydrogen) atoms. The average Bonchev–Trinajstić information content (AvgIpc) is 3.12. The lowest BCUT2D eigenvalue weighted by Gasteiger charge is -2.21. The van der Waals surface area contributed by atoms with Crippen LogP contribution < -0.4 is 0 Å². The number of carbonyl (C=O) groups excluding carboxylic acids is 3. The minimum atomic E-state index is -0.299. The molecule has 1 aliphatic rings. The third-order valence-corrected chi connectivity index (χ3v) is 6.11. The first-order chi connectivity index (χ1) is 15.8. The van der Waals surface area contributed by atoms with Crippen LogP contribution in [0.1, 0.15) is 105 Å². The summed E-state index contributed by atoms with van der Waals surface area (Å²) in [5.74, 6) is 0.389. The molecular formula is C27H44O6. The zero-order valence-corrected chi connectivity index (χ0v) is 21.3. The van der Waals surface area contributed by atoms with Crippen LogP contribution >= 0.6 is 0 Å². The highest BCUT2D eigenvalue weighted by molar-refractivity contribution is 5.69. The van der Waals surface area contributed by atoms with E-state index in [9.17, 15) is 14.4 Å². The molecule has 0 aromatic carbocycles. The lowest BCUT2D eigenvalue weighted by atomic mass is 9.92. The average molecular weight is 465 g/mol. The van der Waals surface area contributed by atoms with Crippen LogP contribution in [0.4, 0.5) is 0 Å². The standard InChI is InChI=1S/C27H44O6/c1-6-8-13-20(3)25(32-21(4)28)18-16-23-17-19-26(33-22(5)29)24(23)14-11-9-10-12-15-27(30)31-7-2/h16,18,20,24,26H,6-15,17,19H2,1-5H3/t20?,24-,26-/m1/s1. The van der Waals surface area contributed by atoms with Gasteiger partial charge in [0.15, 0.2) is 0 Å². The van der Waals surface area contributed by atoms with Gasteiger partial charge in [-0.15, -0.1) is 0 Å². The van der Waals surface area contributed by atoms with Crippen molar-refractivity contribution >= 4 is 17.9 Å². The van der Waals surface area contributed by atoms with Gasteiger partial charge in [-0.2, -0.15) is 0 Å². The van der Waals surface area contributed by atoms with Crippen molar-refractivity contribution in [2.45, 2.75) is 111 Å². The van der Waals surface area contributed by atoms with Crippen LogP contribution in [0.25, 0.3) is 0 Å². The molecule has 0 aliphatic heterocycles. The highest BCUT2D eigenvalue weighted by Crippen LogP contribution is 2.38. The summed E-state index contributed by atoms with van der Waals surface area (Å²) in [5, 5.41) is 0. The number of unbranched alkanes of at least 4 members (excludes halogenated alkanes) is 4. The van der Waals surface area contributed by atoms with Crippen molar-refractivity contribution in [2.75, 3.05) is 6.61 Å². The molecule has 1 unspecified atom stereocenters. The second kappa shape index (κ2) is 16.5. The van der Waals surface area contributed by atoms with Crippen LogP contribution in [-0.2, 0) is 28.6 Å². The predicted octanol–water partition coefficient (Wildman–Crippen LogP) is 6.43. The Kier molecular flexibility index (Phi) is 14.5. The quantitative estimate of drug-likeness (QED) is 0.120. The van der Waals surface area contributed by atoms with Gasteiger partial charge in [0, 0.05) is 32.1 Å². The molecule has 6 heteroatoms. The molecule has 0 bridgehead atoms. The topological polar surface area (TPSA) is 78.9 Å². The van der Waals surface area contributed by atoms with Crippen molar-refractivity contribution in [1.29, 1.82) is 0 Å². The third-order valence-electron chi connectivity index (χ3n) is 6.11. The molecule has 1 fully saturated rings. The van der Waals surface area contributed by atoms with Crippen LogP contribution in [-0.4, -0.2) is 30.6 Å². The van der Waals surface area contributed by atoms with E-state index in [-0.39, 0.29) is 35.8 Å². The largest absolute Gasteiger partial charge is 0.466 e. The normalized spacial score (nSPS) is 20.5. The molecule has 6 nitrogen and oxygen atoms in total. The summed E-state index contributed by atoms with van der Waals surface area (Å²) in [5.41, 5.74) is 1.25. The zero-order valence-electron chi connectivity index (χ0n) is 21.3. The summed E-state index contributed by atoms with van der Waals surface area (Å²) >= 11 is 0. The smallest absolute Gasteiger partial charge is 0.307 e. The van der Waals surface area contributed by atoms with Gasteiger partial charge < -0.3 is 14.2 Å². The third kappa shape index (κ3) is 12.1. The number of esters is 3. The van der Waals surface area contributed by atoms with E-state index in [4.69, 9.17) is 14.2 Å². The van der Waals surface area contributed by atoms with E-state index >= 15 is 0 Å². The molecule has 1 rings (SSSR count). The van der Waals surface area contributed by atoms with Gasteiger partial charge >= 0.3 is 17.9 Å². The highest BCUT2D eigenvalue weighted by atomic mass is 16.5. The summed E-state index contributed by atoms with van der Waals surface area (Å²) in [7, 11) is 0. The lowest BCUT2D eigenvalue weighted by molar-refractivity contribution is -0.148. The molecule has 0 aromatic heterocycles. The highest BCUT2D eigenvalue weighted by Gasteiger charge is 2.33. The molecule has 0 spiro atoms. The Hall–Kier alpha value is -2.11. The lowest BCUT2D eigenvalue weighted by Crippen LogP contribution is -2.21. The van der Waals surface area contributed by atoms with E-state index in [0.29, 0.717) is 18.8 Å². The molecular weight excluding hydrogens is 420 g/mol. The van der Waals surface area contributed by atoms with Crippen LogP contribution in [0, 0.1) is 11.8 Å². The first-order valence-electron chi connectivity index (χ1n) is 12.7. The van der Waals surface area contributed by atoms with E-state index in [1.807, 2.05) is 13.0 Å². The van der Waals surface area contributed by atoms with Crippen molar-refractivity contribution in [1.82, 2.24) is 0 Å². The van der Waals surface area contributed by atoms with Gasteiger partial charge in [-0.05, 0) is 45.1 Å². The Balaban J connectivity index is 2.78. The SMILES string of the molecule is CCCCC(C)C(=CC=C1CC[C@@H](OC(C)=O)[C@@H]1CCCCCCC(=O)OCC)OC(C)=O. The van der Waals surface area contributed by atoms with Crippen molar-refractivity contribution in [2.24, 2.45) is 11.8 Å². The molecule has 0 heterocycles. The fourth-order valence-electron chi connectivity index (χ4n) is 4.39. The number of carbonyl (C=O) groups is 3. The van der Waals surface area contributed by atoms with Gasteiger partial charge in [0.05, 0.1) is 6.61 Å². The van der Waals surface area contributed by atoms with Crippen molar-refractivity contribution in [3.63, 3.8) is 0 Å². The number of ether oxygens (including phenoxy) is 3. The van der Waals surface area contributed by atoms with Crippen LogP contribution in [0.2, 0.25) is 0 Å². The zero-order chi connectivity index (χ0) is 24.6. The van der Waals surface area contributed by atoms with Gasteiger partial charge in [-0.25, -0.2) is 0 Å². The molecule has 188 valence electrons. The van der Waals surface area contributed by atoms with E-state index in [1.165, 1.54) is 19.4 Å². The van der Waals surface area contributed by atoms with Gasteiger partial charge in [0.25, 0.3) is 0 Å². The summed E-state index contributed by atoms with van der Waals surface area (Å²) in [6, 6.07) is 0.